The van der Waals surface area contributed by atoms with Crippen LogP contribution in [0.15, 0.2) is 35.4 Å². The smallest absolute Gasteiger partial charge is 0.0270 e. The highest BCUT2D eigenvalue weighted by Gasteiger charge is 2.02. The molecule has 1 rings (SSSR count). The molecule has 0 unspecified atom stereocenters. The summed E-state index contributed by atoms with van der Waals surface area (Å²) in [5.74, 6) is 0. The van der Waals surface area contributed by atoms with Crippen molar-refractivity contribution in [1.82, 2.24) is 4.90 Å². The van der Waals surface area contributed by atoms with Gasteiger partial charge >= 0.3 is 0 Å². The fraction of sp³-hybridized carbons (Fsp3) is 0.500. The lowest BCUT2D eigenvalue weighted by Gasteiger charge is -2.19. The van der Waals surface area contributed by atoms with E-state index in [0.29, 0.717) is 6.54 Å². The van der Waals surface area contributed by atoms with E-state index in [1.54, 1.807) is 0 Å². The fourth-order valence-electron chi connectivity index (χ4n) is 1.60. The van der Waals surface area contributed by atoms with E-state index in [-0.39, 0.29) is 0 Å². The van der Waals surface area contributed by atoms with Crippen LogP contribution in [0.4, 0.5) is 0 Å². The van der Waals surface area contributed by atoms with E-state index in [2.05, 4.69) is 46.1 Å². The molecule has 0 heterocycles. The molecule has 4 heteroatoms. The minimum atomic E-state index is 0.585. The Balaban J connectivity index is 2.34. The van der Waals surface area contributed by atoms with Crippen LogP contribution in [0.1, 0.15) is 18.9 Å². The molecule has 4 nitrogen and oxygen atoms in total. The van der Waals surface area contributed by atoms with Crippen molar-refractivity contribution in [3.63, 3.8) is 0 Å². The normalized spacial score (nSPS) is 10.1. The van der Waals surface area contributed by atoms with Gasteiger partial charge in [-0.15, -0.1) is 0 Å². The lowest BCUT2D eigenvalue weighted by Crippen LogP contribution is -2.24. The Morgan fingerprint density at radius 2 is 2.06 bits per heavy atom. The maximum absolute atomic E-state index is 8.17. The molecule has 0 radical (unpaired) electrons. The van der Waals surface area contributed by atoms with E-state index in [4.69, 9.17) is 5.53 Å². The van der Waals surface area contributed by atoms with Gasteiger partial charge in [-0.25, -0.2) is 0 Å². The Morgan fingerprint density at radius 1 is 1.31 bits per heavy atom. The Morgan fingerprint density at radius 3 is 2.69 bits per heavy atom. The van der Waals surface area contributed by atoms with Crippen LogP contribution in [0.25, 0.3) is 10.4 Å². The molecule has 86 valence electrons. The van der Waals surface area contributed by atoms with Crippen LogP contribution >= 0.6 is 0 Å². The zero-order valence-electron chi connectivity index (χ0n) is 9.71. The van der Waals surface area contributed by atoms with Crippen molar-refractivity contribution in [2.24, 2.45) is 5.11 Å². The average molecular weight is 218 g/mol. The maximum Gasteiger partial charge on any atom is 0.0270 e. The first-order valence-electron chi connectivity index (χ1n) is 5.64. The molecule has 0 saturated heterocycles. The van der Waals surface area contributed by atoms with Gasteiger partial charge < -0.3 is 0 Å². The van der Waals surface area contributed by atoms with Gasteiger partial charge in [0.1, 0.15) is 0 Å². The quantitative estimate of drug-likeness (QED) is 0.300. The first-order chi connectivity index (χ1) is 7.86. The number of benzene rings is 1. The van der Waals surface area contributed by atoms with Crippen LogP contribution < -0.4 is 0 Å². The highest BCUT2D eigenvalue weighted by atomic mass is 15.1. The van der Waals surface area contributed by atoms with E-state index >= 15 is 0 Å². The molecule has 0 aromatic heterocycles. The molecule has 0 aliphatic rings. The predicted molar refractivity (Wildman–Crippen MR) is 66.0 cm³/mol. The second kappa shape index (κ2) is 7.74. The second-order valence-electron chi connectivity index (χ2n) is 3.66. The number of nitrogens with zero attached hydrogens (tertiary/aromatic N) is 4. The molecule has 0 amide bonds. The molecule has 1 aromatic rings. The summed E-state index contributed by atoms with van der Waals surface area (Å²) in [5, 5.41) is 3.54. The van der Waals surface area contributed by atoms with Gasteiger partial charge in [0, 0.05) is 18.0 Å². The van der Waals surface area contributed by atoms with Crippen molar-refractivity contribution >= 4 is 0 Å². The molecule has 0 N–H and O–H groups in total. The molecule has 0 aliphatic carbocycles. The fourth-order valence-corrected chi connectivity index (χ4v) is 1.60. The first kappa shape index (κ1) is 12.6. The van der Waals surface area contributed by atoms with Crippen LogP contribution in [0, 0.1) is 0 Å². The summed E-state index contributed by atoms with van der Waals surface area (Å²) in [4.78, 5) is 5.10. The average Bonchev–Trinajstić information content (AvgIpc) is 2.34. The van der Waals surface area contributed by atoms with Crippen LogP contribution in [-0.4, -0.2) is 24.5 Å². The zero-order valence-corrected chi connectivity index (χ0v) is 9.71. The third-order valence-corrected chi connectivity index (χ3v) is 2.49. The summed E-state index contributed by atoms with van der Waals surface area (Å²) in [7, 11) is 0. The summed E-state index contributed by atoms with van der Waals surface area (Å²) in [6.07, 6.45) is 0.921. The van der Waals surface area contributed by atoms with Gasteiger partial charge in [0.2, 0.25) is 0 Å². The summed E-state index contributed by atoms with van der Waals surface area (Å²) in [5.41, 5.74) is 9.50. The minimum absolute atomic E-state index is 0.585. The first-order valence-corrected chi connectivity index (χ1v) is 5.64. The molecule has 0 spiro atoms. The van der Waals surface area contributed by atoms with E-state index in [9.17, 15) is 0 Å². The van der Waals surface area contributed by atoms with E-state index in [0.717, 1.165) is 26.1 Å². The monoisotopic (exact) mass is 218 g/mol. The van der Waals surface area contributed by atoms with Crippen molar-refractivity contribution in [3.05, 3.63) is 46.3 Å². The summed E-state index contributed by atoms with van der Waals surface area (Å²) >= 11 is 0. The van der Waals surface area contributed by atoms with Gasteiger partial charge in [0.05, 0.1) is 0 Å². The Labute approximate surface area is 96.5 Å². The second-order valence-corrected chi connectivity index (χ2v) is 3.66. The SMILES string of the molecule is CCN(CCCN=[N+]=[N-])Cc1ccccc1. The van der Waals surface area contributed by atoms with Crippen LogP contribution in [0.5, 0.6) is 0 Å². The number of hydrogen-bond acceptors (Lipinski definition) is 2. The van der Waals surface area contributed by atoms with Crippen molar-refractivity contribution in [2.45, 2.75) is 19.9 Å². The molecule has 1 aromatic carbocycles. The van der Waals surface area contributed by atoms with Crippen LogP contribution in [0.2, 0.25) is 0 Å². The molecule has 16 heavy (non-hydrogen) atoms. The Hall–Kier alpha value is -1.51. The third-order valence-electron chi connectivity index (χ3n) is 2.49. The molecule has 0 atom stereocenters. The maximum atomic E-state index is 8.17. The third kappa shape index (κ3) is 4.82. The number of rotatable bonds is 7. The van der Waals surface area contributed by atoms with E-state index in [1.165, 1.54) is 5.56 Å². The lowest BCUT2D eigenvalue weighted by atomic mass is 10.2. The van der Waals surface area contributed by atoms with Gasteiger partial charge in [0.25, 0.3) is 0 Å². The van der Waals surface area contributed by atoms with Gasteiger partial charge in [-0.1, -0.05) is 42.4 Å². The standard InChI is InChI=1S/C12H18N4/c1-2-16(10-6-9-14-15-13)11-12-7-4-3-5-8-12/h3-5,7-8H,2,6,9-11H2,1H3. The molecule has 0 aliphatic heterocycles. The molecule has 0 saturated carbocycles. The Kier molecular flexibility index (Phi) is 6.07. The van der Waals surface area contributed by atoms with Crippen molar-refractivity contribution < 1.29 is 0 Å². The summed E-state index contributed by atoms with van der Waals surface area (Å²) in [6.45, 7) is 5.70. The van der Waals surface area contributed by atoms with Crippen molar-refractivity contribution in [2.75, 3.05) is 19.6 Å². The summed E-state index contributed by atoms with van der Waals surface area (Å²) in [6, 6.07) is 10.4. The predicted octanol–water partition coefficient (Wildman–Crippen LogP) is 3.21. The van der Waals surface area contributed by atoms with Gasteiger partial charge in [-0.2, -0.15) is 0 Å². The van der Waals surface area contributed by atoms with E-state index < -0.39 is 0 Å². The zero-order chi connectivity index (χ0) is 11.6. The highest BCUT2D eigenvalue weighted by Crippen LogP contribution is 2.04. The molecule has 0 fully saturated rings. The minimum Gasteiger partial charge on any atom is -0.299 e. The van der Waals surface area contributed by atoms with Gasteiger partial charge in [0.15, 0.2) is 0 Å². The van der Waals surface area contributed by atoms with Crippen molar-refractivity contribution in [3.8, 4) is 0 Å². The van der Waals surface area contributed by atoms with Crippen molar-refractivity contribution in [1.29, 1.82) is 0 Å². The molecule has 0 bridgehead atoms. The highest BCUT2D eigenvalue weighted by molar-refractivity contribution is 5.14. The van der Waals surface area contributed by atoms with Gasteiger partial charge in [-0.3, -0.25) is 4.90 Å². The Bertz CT molecular complexity index is 330. The largest absolute Gasteiger partial charge is 0.299 e. The molecular formula is C12H18N4. The van der Waals surface area contributed by atoms with Gasteiger partial charge in [-0.05, 0) is 30.6 Å². The van der Waals surface area contributed by atoms with Crippen LogP contribution in [0.3, 0.4) is 0 Å². The van der Waals surface area contributed by atoms with E-state index in [1.807, 2.05) is 6.07 Å². The number of hydrogen-bond donors (Lipinski definition) is 0. The number of azide groups is 1. The van der Waals surface area contributed by atoms with Crippen LogP contribution in [-0.2, 0) is 6.54 Å². The molecular weight excluding hydrogens is 200 g/mol. The summed E-state index contributed by atoms with van der Waals surface area (Å²) < 4.78 is 0. The lowest BCUT2D eigenvalue weighted by molar-refractivity contribution is 0.278. The topological polar surface area (TPSA) is 52.0 Å².